The van der Waals surface area contributed by atoms with Crippen LogP contribution in [-0.2, 0) is 0 Å². The molecular weight excluding hydrogens is 178 g/mol. The van der Waals surface area contributed by atoms with Gasteiger partial charge in [-0.15, -0.1) is 11.3 Å². The van der Waals surface area contributed by atoms with Crippen molar-refractivity contribution in [1.82, 2.24) is 0 Å². The largest absolute Gasteiger partial charge is 0.324 e. The Morgan fingerprint density at radius 2 is 2.00 bits per heavy atom. The first-order valence-corrected chi connectivity index (χ1v) is 5.25. The molecule has 1 atom stereocenters. The number of rotatable bonds is 1. The molecule has 0 aliphatic rings. The third-order valence-electron chi connectivity index (χ3n) is 2.27. The summed E-state index contributed by atoms with van der Waals surface area (Å²) in [4.78, 5) is 1.34. The quantitative estimate of drug-likeness (QED) is 0.735. The number of hydrogen-bond donors (Lipinski definition) is 1. The molecule has 0 spiro atoms. The number of nitrogens with two attached hydrogens (primary N) is 1. The van der Waals surface area contributed by atoms with Crippen molar-refractivity contribution < 1.29 is 0 Å². The van der Waals surface area contributed by atoms with E-state index < -0.39 is 0 Å². The first kappa shape index (κ1) is 8.73. The van der Waals surface area contributed by atoms with E-state index in [0.717, 1.165) is 0 Å². The number of thiophene rings is 1. The maximum atomic E-state index is 5.93. The van der Waals surface area contributed by atoms with Crippen LogP contribution in [0, 0.1) is 6.92 Å². The third-order valence-corrected chi connectivity index (χ3v) is 3.38. The van der Waals surface area contributed by atoms with Gasteiger partial charge in [0.1, 0.15) is 0 Å². The van der Waals surface area contributed by atoms with Crippen molar-refractivity contribution in [2.75, 3.05) is 0 Å². The zero-order valence-corrected chi connectivity index (χ0v) is 8.69. The highest BCUT2D eigenvalue weighted by molar-refractivity contribution is 7.19. The Kier molecular flexibility index (Phi) is 2.10. The zero-order valence-electron chi connectivity index (χ0n) is 7.87. The molecule has 0 aliphatic heterocycles. The van der Waals surface area contributed by atoms with Crippen molar-refractivity contribution in [3.05, 3.63) is 34.7 Å². The Balaban J connectivity index is 2.78. The molecular formula is C11H13NS. The second-order valence-electron chi connectivity index (χ2n) is 3.36. The highest BCUT2D eigenvalue weighted by atomic mass is 32.1. The van der Waals surface area contributed by atoms with Gasteiger partial charge < -0.3 is 5.73 Å². The maximum Gasteiger partial charge on any atom is 0.0349 e. The van der Waals surface area contributed by atoms with E-state index >= 15 is 0 Å². The van der Waals surface area contributed by atoms with E-state index in [9.17, 15) is 0 Å². The summed E-state index contributed by atoms with van der Waals surface area (Å²) >= 11 is 1.83. The number of benzene rings is 1. The lowest BCUT2D eigenvalue weighted by atomic mass is 10.1. The van der Waals surface area contributed by atoms with Gasteiger partial charge in [0.05, 0.1) is 0 Å². The van der Waals surface area contributed by atoms with Gasteiger partial charge in [0.25, 0.3) is 0 Å². The monoisotopic (exact) mass is 191 g/mol. The molecule has 0 saturated heterocycles. The number of fused-ring (bicyclic) bond motifs is 1. The molecule has 0 radical (unpaired) electrons. The second kappa shape index (κ2) is 3.13. The normalized spacial score (nSPS) is 13.5. The lowest BCUT2D eigenvalue weighted by Crippen LogP contribution is -2.05. The van der Waals surface area contributed by atoms with Crippen LogP contribution in [0.3, 0.4) is 0 Å². The average Bonchev–Trinajstić information content (AvgIpc) is 2.39. The van der Waals surface area contributed by atoms with Gasteiger partial charge in [-0.25, -0.2) is 0 Å². The van der Waals surface area contributed by atoms with Crippen molar-refractivity contribution in [2.45, 2.75) is 19.9 Å². The van der Waals surface area contributed by atoms with Gasteiger partial charge in [-0.1, -0.05) is 18.2 Å². The van der Waals surface area contributed by atoms with Gasteiger partial charge >= 0.3 is 0 Å². The molecule has 1 heterocycles. The minimum absolute atomic E-state index is 0.135. The van der Waals surface area contributed by atoms with Crippen molar-refractivity contribution in [3.8, 4) is 0 Å². The van der Waals surface area contributed by atoms with Crippen molar-refractivity contribution in [2.24, 2.45) is 5.73 Å². The van der Waals surface area contributed by atoms with E-state index in [1.165, 1.54) is 20.5 Å². The van der Waals surface area contributed by atoms with E-state index in [1.54, 1.807) is 0 Å². The highest BCUT2D eigenvalue weighted by Crippen LogP contribution is 2.33. The summed E-state index contributed by atoms with van der Waals surface area (Å²) in [6.45, 7) is 4.19. The molecule has 2 rings (SSSR count). The fourth-order valence-corrected chi connectivity index (χ4v) is 2.92. The molecule has 13 heavy (non-hydrogen) atoms. The standard InChI is InChI=1S/C11H13NS/c1-7(12)11-8(2)13-10-6-4-3-5-9(10)11/h3-7H,12H2,1-2H3. The van der Waals surface area contributed by atoms with Gasteiger partial charge in [0.2, 0.25) is 0 Å². The first-order chi connectivity index (χ1) is 6.20. The lowest BCUT2D eigenvalue weighted by Gasteiger charge is -2.04. The van der Waals surface area contributed by atoms with E-state index in [-0.39, 0.29) is 6.04 Å². The van der Waals surface area contributed by atoms with Crippen LogP contribution in [0.2, 0.25) is 0 Å². The van der Waals surface area contributed by atoms with Crippen molar-refractivity contribution >= 4 is 21.4 Å². The molecule has 68 valence electrons. The van der Waals surface area contributed by atoms with Gasteiger partial charge in [-0.2, -0.15) is 0 Å². The first-order valence-electron chi connectivity index (χ1n) is 4.43. The molecule has 1 aromatic heterocycles. The van der Waals surface area contributed by atoms with Crippen molar-refractivity contribution in [3.63, 3.8) is 0 Å². The minimum atomic E-state index is 0.135. The van der Waals surface area contributed by atoms with Crippen LogP contribution < -0.4 is 5.73 Å². The Labute approximate surface area is 82.2 Å². The van der Waals surface area contributed by atoms with Crippen LogP contribution in [0.25, 0.3) is 10.1 Å². The summed E-state index contributed by atoms with van der Waals surface area (Å²) in [6.07, 6.45) is 0. The zero-order chi connectivity index (χ0) is 9.42. The van der Waals surface area contributed by atoms with Gasteiger partial charge in [0.15, 0.2) is 0 Å². The van der Waals surface area contributed by atoms with Crippen LogP contribution in [0.5, 0.6) is 0 Å². The van der Waals surface area contributed by atoms with Crippen LogP contribution >= 0.6 is 11.3 Å². The molecule has 0 fully saturated rings. The summed E-state index contributed by atoms with van der Waals surface area (Å²) in [5.41, 5.74) is 7.24. The summed E-state index contributed by atoms with van der Waals surface area (Å²) in [5, 5.41) is 1.32. The molecule has 0 saturated carbocycles. The summed E-state index contributed by atoms with van der Waals surface area (Å²) in [7, 11) is 0. The predicted octanol–water partition coefficient (Wildman–Crippen LogP) is 3.23. The summed E-state index contributed by atoms with van der Waals surface area (Å²) in [5.74, 6) is 0. The van der Waals surface area contributed by atoms with E-state index in [1.807, 2.05) is 18.3 Å². The molecule has 1 unspecified atom stereocenters. The molecule has 0 amide bonds. The topological polar surface area (TPSA) is 26.0 Å². The van der Waals surface area contributed by atoms with Gasteiger partial charge in [-0.3, -0.25) is 0 Å². The number of hydrogen-bond acceptors (Lipinski definition) is 2. The molecule has 2 N–H and O–H groups in total. The van der Waals surface area contributed by atoms with Gasteiger partial charge in [0, 0.05) is 15.6 Å². The smallest absolute Gasteiger partial charge is 0.0349 e. The second-order valence-corrected chi connectivity index (χ2v) is 4.61. The average molecular weight is 191 g/mol. The molecule has 1 aromatic carbocycles. The molecule has 0 bridgehead atoms. The van der Waals surface area contributed by atoms with Gasteiger partial charge in [-0.05, 0) is 30.9 Å². The van der Waals surface area contributed by atoms with Crippen LogP contribution in [0.4, 0.5) is 0 Å². The highest BCUT2D eigenvalue weighted by Gasteiger charge is 2.10. The predicted molar refractivity (Wildman–Crippen MR) is 59.2 cm³/mol. The maximum absolute atomic E-state index is 5.93. The van der Waals surface area contributed by atoms with E-state index in [4.69, 9.17) is 5.73 Å². The molecule has 2 heteroatoms. The molecule has 1 nitrogen and oxygen atoms in total. The van der Waals surface area contributed by atoms with Crippen LogP contribution in [-0.4, -0.2) is 0 Å². The Morgan fingerprint density at radius 1 is 1.31 bits per heavy atom. The molecule has 2 aromatic rings. The lowest BCUT2D eigenvalue weighted by molar-refractivity contribution is 0.824. The van der Waals surface area contributed by atoms with Crippen LogP contribution in [0.1, 0.15) is 23.4 Å². The number of aryl methyl sites for hydroxylation is 1. The fraction of sp³-hybridized carbons (Fsp3) is 0.273. The Hall–Kier alpha value is -0.860. The minimum Gasteiger partial charge on any atom is -0.324 e. The van der Waals surface area contributed by atoms with E-state index in [0.29, 0.717) is 0 Å². The van der Waals surface area contributed by atoms with Crippen molar-refractivity contribution in [1.29, 1.82) is 0 Å². The Morgan fingerprint density at radius 3 is 2.69 bits per heavy atom. The van der Waals surface area contributed by atoms with E-state index in [2.05, 4.69) is 31.2 Å². The SMILES string of the molecule is Cc1sc2ccccc2c1C(C)N. The fourth-order valence-electron chi connectivity index (χ4n) is 1.75. The summed E-state index contributed by atoms with van der Waals surface area (Å²) < 4.78 is 1.34. The molecule has 0 aliphatic carbocycles. The summed E-state index contributed by atoms with van der Waals surface area (Å²) in [6, 6.07) is 8.58. The third kappa shape index (κ3) is 1.36. The Bertz CT molecular complexity index is 429. The van der Waals surface area contributed by atoms with Crippen LogP contribution in [0.15, 0.2) is 24.3 Å².